The van der Waals surface area contributed by atoms with Crippen LogP contribution in [-0.2, 0) is 6.18 Å². The van der Waals surface area contributed by atoms with E-state index in [2.05, 4.69) is 9.97 Å². The fourth-order valence-corrected chi connectivity index (χ4v) is 1.31. The van der Waals surface area contributed by atoms with Gasteiger partial charge in [0.05, 0.1) is 11.8 Å². The van der Waals surface area contributed by atoms with Gasteiger partial charge >= 0.3 is 6.18 Å². The summed E-state index contributed by atoms with van der Waals surface area (Å²) in [5.74, 6) is -1.70. The predicted octanol–water partition coefficient (Wildman–Crippen LogP) is 3.01. The largest absolute Gasteiger partial charge is 0.437 e. The van der Waals surface area contributed by atoms with Gasteiger partial charge in [-0.25, -0.2) is 9.37 Å². The Balaban J connectivity index is 2.35. The summed E-state index contributed by atoms with van der Waals surface area (Å²) in [6, 6.07) is 2.25. The fraction of sp³-hybridized carbons (Fsp3) is 0.0909. The van der Waals surface area contributed by atoms with Crippen LogP contribution in [0, 0.1) is 5.82 Å². The zero-order valence-corrected chi connectivity index (χ0v) is 9.28. The molecule has 0 spiro atoms. The molecule has 0 fully saturated rings. The predicted molar refractivity (Wildman–Crippen MR) is 57.9 cm³/mol. The molecule has 0 bridgehead atoms. The van der Waals surface area contributed by atoms with Crippen LogP contribution in [0.4, 0.5) is 23.2 Å². The lowest BCUT2D eigenvalue weighted by molar-refractivity contribution is -0.140. The van der Waals surface area contributed by atoms with Crippen LogP contribution in [0.25, 0.3) is 0 Å². The third-order valence-electron chi connectivity index (χ3n) is 2.16. The zero-order valence-electron chi connectivity index (χ0n) is 9.28. The SMILES string of the molecule is Nc1cncnc1Oc1ccc(F)c(C(F)(F)F)c1. The number of hydrogen-bond acceptors (Lipinski definition) is 4. The Labute approximate surface area is 104 Å². The maximum atomic E-state index is 13.1. The van der Waals surface area contributed by atoms with Crippen LogP contribution in [0.5, 0.6) is 11.6 Å². The Morgan fingerprint density at radius 3 is 2.58 bits per heavy atom. The summed E-state index contributed by atoms with van der Waals surface area (Å²) in [6.07, 6.45) is -2.45. The van der Waals surface area contributed by atoms with Crippen molar-refractivity contribution in [2.24, 2.45) is 0 Å². The highest BCUT2D eigenvalue weighted by Gasteiger charge is 2.34. The molecule has 2 rings (SSSR count). The van der Waals surface area contributed by atoms with Gasteiger partial charge in [-0.3, -0.25) is 0 Å². The quantitative estimate of drug-likeness (QED) is 0.854. The Morgan fingerprint density at radius 1 is 1.21 bits per heavy atom. The van der Waals surface area contributed by atoms with Gasteiger partial charge in [0, 0.05) is 0 Å². The first kappa shape index (κ1) is 13.1. The van der Waals surface area contributed by atoms with Gasteiger partial charge in [-0.15, -0.1) is 0 Å². The first-order valence-electron chi connectivity index (χ1n) is 4.98. The Kier molecular flexibility index (Phi) is 3.24. The van der Waals surface area contributed by atoms with Crippen molar-refractivity contribution >= 4 is 5.69 Å². The van der Waals surface area contributed by atoms with Crippen molar-refractivity contribution in [3.63, 3.8) is 0 Å². The maximum absolute atomic E-state index is 13.1. The third kappa shape index (κ3) is 2.90. The molecule has 19 heavy (non-hydrogen) atoms. The molecular formula is C11H7F4N3O. The molecule has 0 saturated carbocycles. The number of nitrogen functional groups attached to an aromatic ring is 1. The van der Waals surface area contributed by atoms with Crippen molar-refractivity contribution in [2.75, 3.05) is 5.73 Å². The van der Waals surface area contributed by atoms with Gasteiger partial charge in [0.1, 0.15) is 23.6 Å². The van der Waals surface area contributed by atoms with E-state index >= 15 is 0 Å². The number of anilines is 1. The van der Waals surface area contributed by atoms with Gasteiger partial charge in [0.2, 0.25) is 5.88 Å². The highest BCUT2D eigenvalue weighted by atomic mass is 19.4. The summed E-state index contributed by atoms with van der Waals surface area (Å²) in [6.45, 7) is 0. The Morgan fingerprint density at radius 2 is 1.95 bits per heavy atom. The molecule has 4 nitrogen and oxygen atoms in total. The van der Waals surface area contributed by atoms with Crippen LogP contribution in [0.15, 0.2) is 30.7 Å². The number of rotatable bonds is 2. The van der Waals surface area contributed by atoms with Crippen LogP contribution < -0.4 is 10.5 Å². The second-order valence-electron chi connectivity index (χ2n) is 3.52. The summed E-state index contributed by atoms with van der Waals surface area (Å²) >= 11 is 0. The molecule has 1 aromatic carbocycles. The van der Waals surface area contributed by atoms with Gasteiger partial charge in [0.25, 0.3) is 0 Å². The summed E-state index contributed by atoms with van der Waals surface area (Å²) < 4.78 is 55.6. The minimum Gasteiger partial charge on any atom is -0.437 e. The molecule has 2 N–H and O–H groups in total. The third-order valence-corrected chi connectivity index (χ3v) is 2.16. The molecule has 8 heteroatoms. The molecule has 1 heterocycles. The first-order chi connectivity index (χ1) is 8.88. The normalized spacial score (nSPS) is 11.4. The molecular weight excluding hydrogens is 266 g/mol. The lowest BCUT2D eigenvalue weighted by Crippen LogP contribution is -2.08. The summed E-state index contributed by atoms with van der Waals surface area (Å²) in [5.41, 5.74) is 4.11. The molecule has 0 aliphatic rings. The molecule has 0 aliphatic heterocycles. The second-order valence-corrected chi connectivity index (χ2v) is 3.52. The average Bonchev–Trinajstić information content (AvgIpc) is 2.33. The molecule has 1 aromatic heterocycles. The monoisotopic (exact) mass is 273 g/mol. The number of halogens is 4. The number of alkyl halides is 3. The van der Waals surface area contributed by atoms with E-state index in [1.165, 1.54) is 6.20 Å². The smallest absolute Gasteiger partial charge is 0.419 e. The van der Waals surface area contributed by atoms with Crippen molar-refractivity contribution < 1.29 is 22.3 Å². The van der Waals surface area contributed by atoms with Crippen molar-refractivity contribution in [2.45, 2.75) is 6.18 Å². The molecule has 0 amide bonds. The van der Waals surface area contributed by atoms with E-state index in [0.29, 0.717) is 12.1 Å². The molecule has 100 valence electrons. The van der Waals surface area contributed by atoms with Crippen molar-refractivity contribution in [3.05, 3.63) is 42.1 Å². The van der Waals surface area contributed by atoms with Gasteiger partial charge in [-0.2, -0.15) is 18.2 Å². The molecule has 0 aliphatic carbocycles. The lowest BCUT2D eigenvalue weighted by Gasteiger charge is -2.11. The summed E-state index contributed by atoms with van der Waals surface area (Å²) in [5, 5.41) is 0. The number of benzene rings is 1. The first-order valence-corrected chi connectivity index (χ1v) is 4.98. The van der Waals surface area contributed by atoms with Crippen LogP contribution in [0.2, 0.25) is 0 Å². The Bertz CT molecular complexity index is 601. The van der Waals surface area contributed by atoms with Crippen molar-refractivity contribution in [3.8, 4) is 11.6 Å². The van der Waals surface area contributed by atoms with Crippen molar-refractivity contribution in [1.29, 1.82) is 0 Å². The lowest BCUT2D eigenvalue weighted by atomic mass is 10.2. The van der Waals surface area contributed by atoms with E-state index in [9.17, 15) is 17.6 Å². The van der Waals surface area contributed by atoms with Crippen LogP contribution in [0.3, 0.4) is 0 Å². The van der Waals surface area contributed by atoms with E-state index in [-0.39, 0.29) is 17.3 Å². The summed E-state index contributed by atoms with van der Waals surface area (Å²) in [7, 11) is 0. The van der Waals surface area contributed by atoms with E-state index in [0.717, 1.165) is 12.4 Å². The van der Waals surface area contributed by atoms with Gasteiger partial charge < -0.3 is 10.5 Å². The highest BCUT2D eigenvalue weighted by molar-refractivity contribution is 5.47. The number of hydrogen-bond donors (Lipinski definition) is 1. The van der Waals surface area contributed by atoms with E-state index < -0.39 is 17.6 Å². The van der Waals surface area contributed by atoms with Gasteiger partial charge in [-0.1, -0.05) is 0 Å². The zero-order chi connectivity index (χ0) is 14.0. The van der Waals surface area contributed by atoms with E-state index in [4.69, 9.17) is 10.5 Å². The topological polar surface area (TPSA) is 61.0 Å². The molecule has 0 saturated heterocycles. The summed E-state index contributed by atoms with van der Waals surface area (Å²) in [4.78, 5) is 7.26. The minimum atomic E-state index is -4.80. The Hall–Kier alpha value is -2.38. The van der Waals surface area contributed by atoms with E-state index in [1.54, 1.807) is 0 Å². The maximum Gasteiger partial charge on any atom is 0.419 e. The number of nitrogens with zero attached hydrogens (tertiary/aromatic N) is 2. The number of ether oxygens (including phenoxy) is 1. The fourth-order valence-electron chi connectivity index (χ4n) is 1.31. The number of nitrogens with two attached hydrogens (primary N) is 1. The average molecular weight is 273 g/mol. The van der Waals surface area contributed by atoms with Crippen LogP contribution in [-0.4, -0.2) is 9.97 Å². The van der Waals surface area contributed by atoms with Crippen LogP contribution in [0.1, 0.15) is 5.56 Å². The molecule has 2 aromatic rings. The molecule has 0 radical (unpaired) electrons. The number of aromatic nitrogens is 2. The highest BCUT2D eigenvalue weighted by Crippen LogP contribution is 2.35. The second kappa shape index (κ2) is 4.71. The standard InChI is InChI=1S/C11H7F4N3O/c12-8-2-1-6(3-7(8)11(13,14)15)19-10-9(16)4-17-5-18-10/h1-5H,16H2. The molecule has 0 atom stereocenters. The van der Waals surface area contributed by atoms with Gasteiger partial charge in [-0.05, 0) is 18.2 Å². The van der Waals surface area contributed by atoms with Crippen molar-refractivity contribution in [1.82, 2.24) is 9.97 Å². The van der Waals surface area contributed by atoms with Crippen LogP contribution >= 0.6 is 0 Å². The molecule has 0 unspecified atom stereocenters. The van der Waals surface area contributed by atoms with Gasteiger partial charge in [0.15, 0.2) is 0 Å². The minimum absolute atomic E-state index is 0.0559. The van der Waals surface area contributed by atoms with E-state index in [1.807, 2.05) is 0 Å².